The van der Waals surface area contributed by atoms with Crippen LogP contribution in [-0.4, -0.2) is 49.0 Å². The maximum absolute atomic E-state index is 11.7. The van der Waals surface area contributed by atoms with Crippen molar-refractivity contribution in [3.63, 3.8) is 0 Å². The molecule has 0 saturated heterocycles. The molecule has 1 aromatic rings. The first-order valence-corrected chi connectivity index (χ1v) is 6.66. The summed E-state index contributed by atoms with van der Waals surface area (Å²) in [5.74, 6) is -0.270. The smallest absolute Gasteiger partial charge is 0.361 e. The average molecular weight is 266 g/mol. The number of esters is 1. The molecule has 0 radical (unpaired) electrons. The van der Waals surface area contributed by atoms with Gasteiger partial charge in [-0.2, -0.15) is 0 Å². The molecule has 0 aliphatic carbocycles. The molecule has 0 fully saturated rings. The highest BCUT2D eigenvalue weighted by molar-refractivity contribution is 5.70. The number of likely N-dealkylation sites (N-methyl/N-ethyl adjacent to an activating group) is 1. The molecule has 4 nitrogen and oxygen atoms in total. The largest absolute Gasteiger partial charge is 0.461 e. The summed E-state index contributed by atoms with van der Waals surface area (Å²) in [4.78, 5) is 11.7. The van der Waals surface area contributed by atoms with Gasteiger partial charge >= 0.3 is 5.97 Å². The Morgan fingerprint density at radius 3 is 2.53 bits per heavy atom. The number of nitrogens with zero attached hydrogens (tertiary/aromatic N) is 1. The monoisotopic (exact) mass is 266 g/mol. The molecule has 0 amide bonds. The van der Waals surface area contributed by atoms with Crippen LogP contribution in [0.3, 0.4) is 0 Å². The summed E-state index contributed by atoms with van der Waals surface area (Å²) in [7, 11) is 3.65. The molecule has 0 saturated carbocycles. The minimum Gasteiger partial charge on any atom is -0.461 e. The molecule has 0 aliphatic rings. The number of aliphatic hydroxyl groups is 1. The van der Waals surface area contributed by atoms with Crippen molar-refractivity contribution in [2.24, 2.45) is 0 Å². The van der Waals surface area contributed by atoms with Crippen LogP contribution in [0, 0.1) is 0 Å². The highest BCUT2D eigenvalue weighted by Crippen LogP contribution is 2.08. The van der Waals surface area contributed by atoms with E-state index in [-0.39, 0.29) is 17.0 Å². The van der Waals surface area contributed by atoms with Crippen molar-refractivity contribution in [2.45, 2.75) is 26.0 Å². The van der Waals surface area contributed by atoms with Crippen molar-refractivity contribution in [2.75, 3.05) is 27.2 Å². The lowest BCUT2D eigenvalue weighted by Crippen LogP contribution is -2.51. The van der Waals surface area contributed by atoms with E-state index in [0.717, 1.165) is 12.0 Å². The van der Waals surface area contributed by atoms with Crippen molar-refractivity contribution < 1.29 is 19.1 Å². The first-order valence-electron chi connectivity index (χ1n) is 6.66. The van der Waals surface area contributed by atoms with Gasteiger partial charge < -0.3 is 9.84 Å². The third-order valence-corrected chi connectivity index (χ3v) is 3.21. The van der Waals surface area contributed by atoms with Gasteiger partial charge in [0, 0.05) is 12.8 Å². The lowest BCUT2D eigenvalue weighted by atomic mass is 10.2. The molecular weight excluding hydrogens is 242 g/mol. The number of quaternary nitrogens is 1. The molecule has 4 heteroatoms. The third-order valence-electron chi connectivity index (χ3n) is 3.21. The number of hydrogen-bond acceptors (Lipinski definition) is 3. The third kappa shape index (κ3) is 5.41. The zero-order chi connectivity index (χ0) is 14.3. The fourth-order valence-electron chi connectivity index (χ4n) is 1.91. The first kappa shape index (κ1) is 15.7. The summed E-state index contributed by atoms with van der Waals surface area (Å²) < 4.78 is 5.45. The van der Waals surface area contributed by atoms with Crippen molar-refractivity contribution in [1.82, 2.24) is 0 Å². The molecule has 1 N–H and O–H groups in total. The molecule has 1 unspecified atom stereocenters. The molecule has 0 spiro atoms. The van der Waals surface area contributed by atoms with Gasteiger partial charge in [-0.1, -0.05) is 37.3 Å². The van der Waals surface area contributed by atoms with E-state index in [0.29, 0.717) is 13.0 Å². The highest BCUT2D eigenvalue weighted by atomic mass is 16.5. The number of carbonyl (C=O) groups excluding carboxylic acids is 1. The summed E-state index contributed by atoms with van der Waals surface area (Å²) in [6.07, 6.45) is 0.794. The number of rotatable bonds is 7. The molecule has 1 rings (SSSR count). The van der Waals surface area contributed by atoms with Gasteiger partial charge in [-0.15, -0.1) is 0 Å². The van der Waals surface area contributed by atoms with Gasteiger partial charge in [0.1, 0.15) is 0 Å². The van der Waals surface area contributed by atoms with Crippen LogP contribution in [0.15, 0.2) is 30.3 Å². The molecule has 19 heavy (non-hydrogen) atoms. The zero-order valence-electron chi connectivity index (χ0n) is 12.0. The Bertz CT molecular complexity index is 390. The predicted molar refractivity (Wildman–Crippen MR) is 74.4 cm³/mol. The van der Waals surface area contributed by atoms with Crippen LogP contribution >= 0.6 is 0 Å². The standard InChI is InChI=1S/C15H24NO3/c1-4-14(17)16(2,3)12-15(18)19-11-10-13-8-6-5-7-9-13/h5-9,14,17H,4,10-12H2,1-3H3/q+1. The number of ether oxygens (including phenoxy) is 1. The minimum absolute atomic E-state index is 0.184. The maximum Gasteiger partial charge on any atom is 0.361 e. The molecule has 0 aromatic heterocycles. The van der Waals surface area contributed by atoms with Crippen LogP contribution in [0.25, 0.3) is 0 Å². The van der Waals surface area contributed by atoms with E-state index in [1.165, 1.54) is 0 Å². The van der Waals surface area contributed by atoms with E-state index in [1.807, 2.05) is 51.4 Å². The topological polar surface area (TPSA) is 46.5 Å². The van der Waals surface area contributed by atoms with Crippen molar-refractivity contribution in [3.05, 3.63) is 35.9 Å². The number of hydrogen-bond donors (Lipinski definition) is 1. The average Bonchev–Trinajstić information content (AvgIpc) is 2.38. The summed E-state index contributed by atoms with van der Waals surface area (Å²) in [5.41, 5.74) is 1.15. The second kappa shape index (κ2) is 7.26. The van der Waals surface area contributed by atoms with Gasteiger partial charge in [0.15, 0.2) is 12.8 Å². The molecule has 0 aliphatic heterocycles. The Balaban J connectivity index is 2.32. The Morgan fingerprint density at radius 1 is 1.32 bits per heavy atom. The summed E-state index contributed by atoms with van der Waals surface area (Å²) in [6.45, 7) is 2.46. The lowest BCUT2D eigenvalue weighted by molar-refractivity contribution is -0.930. The molecule has 1 atom stereocenters. The van der Waals surface area contributed by atoms with Gasteiger partial charge in [-0.3, -0.25) is 4.48 Å². The van der Waals surface area contributed by atoms with E-state index in [2.05, 4.69) is 0 Å². The highest BCUT2D eigenvalue weighted by Gasteiger charge is 2.28. The zero-order valence-corrected chi connectivity index (χ0v) is 12.0. The van der Waals surface area contributed by atoms with Crippen LogP contribution in [-0.2, 0) is 16.0 Å². The fraction of sp³-hybridized carbons (Fsp3) is 0.533. The molecule has 0 bridgehead atoms. The second-order valence-corrected chi connectivity index (χ2v) is 5.28. The van der Waals surface area contributed by atoms with E-state index < -0.39 is 6.23 Å². The summed E-state index contributed by atoms with van der Waals surface area (Å²) >= 11 is 0. The molecular formula is C15H24NO3+. The number of carbonyl (C=O) groups is 1. The van der Waals surface area contributed by atoms with Crippen molar-refractivity contribution >= 4 is 5.97 Å². The predicted octanol–water partition coefficient (Wildman–Crippen LogP) is 1.58. The van der Waals surface area contributed by atoms with Gasteiger partial charge in [0.25, 0.3) is 0 Å². The van der Waals surface area contributed by atoms with Crippen LogP contribution < -0.4 is 0 Å². The van der Waals surface area contributed by atoms with Crippen molar-refractivity contribution in [1.29, 1.82) is 0 Å². The van der Waals surface area contributed by atoms with Crippen LogP contribution in [0.1, 0.15) is 18.9 Å². The number of benzene rings is 1. The Labute approximate surface area is 115 Å². The molecule has 106 valence electrons. The maximum atomic E-state index is 11.7. The van der Waals surface area contributed by atoms with Gasteiger partial charge in [-0.25, -0.2) is 4.79 Å². The Morgan fingerprint density at radius 2 is 1.95 bits per heavy atom. The van der Waals surface area contributed by atoms with E-state index in [1.54, 1.807) is 0 Å². The van der Waals surface area contributed by atoms with E-state index in [9.17, 15) is 9.90 Å². The Hall–Kier alpha value is -1.39. The van der Waals surface area contributed by atoms with E-state index in [4.69, 9.17) is 4.74 Å². The Kier molecular flexibility index (Phi) is 5.99. The summed E-state index contributed by atoms with van der Waals surface area (Å²) in [5, 5.41) is 9.80. The fourth-order valence-corrected chi connectivity index (χ4v) is 1.91. The quantitative estimate of drug-likeness (QED) is 0.463. The molecule has 0 heterocycles. The first-order chi connectivity index (χ1) is 8.95. The lowest BCUT2D eigenvalue weighted by Gasteiger charge is -2.32. The number of aliphatic hydroxyl groups excluding tert-OH is 1. The normalized spacial score (nSPS) is 13.1. The summed E-state index contributed by atoms with van der Waals surface area (Å²) in [6, 6.07) is 9.91. The van der Waals surface area contributed by atoms with Gasteiger partial charge in [-0.05, 0) is 5.56 Å². The van der Waals surface area contributed by atoms with Crippen LogP contribution in [0.5, 0.6) is 0 Å². The van der Waals surface area contributed by atoms with E-state index >= 15 is 0 Å². The van der Waals surface area contributed by atoms with Crippen molar-refractivity contribution in [3.8, 4) is 0 Å². The minimum atomic E-state index is -0.540. The van der Waals surface area contributed by atoms with Gasteiger partial charge in [0.05, 0.1) is 20.7 Å². The second-order valence-electron chi connectivity index (χ2n) is 5.28. The van der Waals surface area contributed by atoms with Crippen LogP contribution in [0.4, 0.5) is 0 Å². The SMILES string of the molecule is CCC(O)[N+](C)(C)CC(=O)OCCc1ccccc1. The molecule has 1 aromatic carbocycles. The van der Waals surface area contributed by atoms with Gasteiger partial charge in [0.2, 0.25) is 0 Å². The van der Waals surface area contributed by atoms with Crippen LogP contribution in [0.2, 0.25) is 0 Å².